The summed E-state index contributed by atoms with van der Waals surface area (Å²) in [5, 5.41) is 0. The summed E-state index contributed by atoms with van der Waals surface area (Å²) in [6.45, 7) is 0. The van der Waals surface area contributed by atoms with E-state index >= 15 is 0 Å². The molecule has 0 N–H and O–H groups in total. The fourth-order valence-electron chi connectivity index (χ4n) is 4.06. The minimum atomic E-state index is -3.27. The third-order valence-corrected chi connectivity index (χ3v) is 19.4. The van der Waals surface area contributed by atoms with Gasteiger partial charge in [0.1, 0.15) is 0 Å². The van der Waals surface area contributed by atoms with Crippen LogP contribution < -0.4 is 15.5 Å². The summed E-state index contributed by atoms with van der Waals surface area (Å²) in [6, 6.07) is 41.9. The Bertz CT molecular complexity index is 917. The van der Waals surface area contributed by atoms with Crippen LogP contribution in [0.2, 0.25) is 0 Å². The Labute approximate surface area is 171 Å². The van der Waals surface area contributed by atoms with Gasteiger partial charge in [0.25, 0.3) is 0 Å². The van der Waals surface area contributed by atoms with Crippen molar-refractivity contribution < 1.29 is 4.74 Å². The zero-order valence-corrected chi connectivity index (χ0v) is 18.9. The molecule has 4 aromatic carbocycles. The summed E-state index contributed by atoms with van der Waals surface area (Å²) >= 11 is -3.27. The maximum absolute atomic E-state index is 5.51. The summed E-state index contributed by atoms with van der Waals surface area (Å²) < 4.78 is 11.1. The quantitative estimate of drug-likeness (QED) is 0.388. The van der Waals surface area contributed by atoms with Crippen molar-refractivity contribution >= 4 is 29.1 Å². The zero-order chi connectivity index (χ0) is 19.2. The van der Waals surface area contributed by atoms with Crippen LogP contribution in [0.1, 0.15) is 5.56 Å². The van der Waals surface area contributed by atoms with Crippen molar-refractivity contribution in [2.75, 3.05) is 7.11 Å². The molecule has 0 saturated heterocycles. The van der Waals surface area contributed by atoms with Gasteiger partial charge in [-0.25, -0.2) is 0 Å². The SMILES string of the molecule is COc1cccc([CH2][Sn]([c]2ccccc2)([c]2ccccc2)[c]2ccccc2)c1. The summed E-state index contributed by atoms with van der Waals surface area (Å²) in [5.74, 6) is 0.923. The minimum absolute atomic E-state index is 0.923. The molecule has 0 aliphatic rings. The van der Waals surface area contributed by atoms with Crippen molar-refractivity contribution in [1.29, 1.82) is 0 Å². The van der Waals surface area contributed by atoms with E-state index < -0.39 is 18.4 Å². The van der Waals surface area contributed by atoms with Crippen molar-refractivity contribution in [3.05, 3.63) is 121 Å². The molecule has 2 heteroatoms. The summed E-state index contributed by atoms with van der Waals surface area (Å²) in [6.07, 6.45) is 0. The average molecular weight is 471 g/mol. The number of rotatable bonds is 6. The number of ether oxygens (including phenoxy) is 1. The van der Waals surface area contributed by atoms with Gasteiger partial charge >= 0.3 is 172 Å². The van der Waals surface area contributed by atoms with Crippen LogP contribution in [0, 0.1) is 0 Å². The molecule has 4 rings (SSSR count). The second kappa shape index (κ2) is 8.66. The molecule has 0 amide bonds. The molecule has 138 valence electrons. The monoisotopic (exact) mass is 472 g/mol. The Morgan fingerprint density at radius 3 is 1.46 bits per heavy atom. The van der Waals surface area contributed by atoms with Gasteiger partial charge in [-0.15, -0.1) is 0 Å². The number of hydrogen-bond acceptors (Lipinski definition) is 1. The van der Waals surface area contributed by atoms with Gasteiger partial charge in [0.05, 0.1) is 0 Å². The number of benzene rings is 4. The van der Waals surface area contributed by atoms with Crippen LogP contribution in [0.3, 0.4) is 0 Å². The van der Waals surface area contributed by atoms with Crippen LogP contribution in [-0.2, 0) is 4.44 Å². The molecule has 0 aliphatic heterocycles. The number of methoxy groups -OCH3 is 1. The summed E-state index contributed by atoms with van der Waals surface area (Å²) in [7, 11) is 1.74. The predicted molar refractivity (Wildman–Crippen MR) is 121 cm³/mol. The van der Waals surface area contributed by atoms with Crippen LogP contribution in [0.15, 0.2) is 115 Å². The molecule has 28 heavy (non-hydrogen) atoms. The molecule has 0 spiro atoms. The van der Waals surface area contributed by atoms with E-state index in [-0.39, 0.29) is 0 Å². The molecule has 0 bridgehead atoms. The van der Waals surface area contributed by atoms with Gasteiger partial charge in [-0.1, -0.05) is 0 Å². The van der Waals surface area contributed by atoms with Crippen molar-refractivity contribution in [1.82, 2.24) is 0 Å². The Kier molecular flexibility index (Phi) is 5.82. The molecule has 0 unspecified atom stereocenters. The zero-order valence-electron chi connectivity index (χ0n) is 16.1. The van der Waals surface area contributed by atoms with E-state index in [2.05, 4.69) is 109 Å². The Morgan fingerprint density at radius 2 is 1.04 bits per heavy atom. The number of hydrogen-bond donors (Lipinski definition) is 0. The first kappa shape index (κ1) is 18.8. The van der Waals surface area contributed by atoms with Gasteiger partial charge in [0, 0.05) is 0 Å². The molecule has 4 aromatic rings. The van der Waals surface area contributed by atoms with E-state index in [0.29, 0.717) is 0 Å². The topological polar surface area (TPSA) is 9.23 Å². The third kappa shape index (κ3) is 3.72. The molecule has 1 nitrogen and oxygen atoms in total. The second-order valence-electron chi connectivity index (χ2n) is 7.03. The standard InChI is InChI=1S/C8H9O.3C6H5.Sn/c1-7-4-3-5-8(6-7)9-2;3*1-2-4-6-5-3-1;/h3-6H,1H2,2H3;3*1-5H;. The van der Waals surface area contributed by atoms with Gasteiger partial charge in [0.2, 0.25) is 0 Å². The summed E-state index contributed by atoms with van der Waals surface area (Å²) in [4.78, 5) is 0. The molecule has 0 heterocycles. The van der Waals surface area contributed by atoms with Crippen LogP contribution in [0.4, 0.5) is 0 Å². The molecular formula is C26H24OSn. The van der Waals surface area contributed by atoms with Gasteiger partial charge < -0.3 is 0 Å². The first-order chi connectivity index (χ1) is 13.8. The first-order valence-corrected chi connectivity index (χ1v) is 15.9. The van der Waals surface area contributed by atoms with Crippen molar-refractivity contribution in [2.24, 2.45) is 0 Å². The molecule has 0 fully saturated rings. The van der Waals surface area contributed by atoms with E-state index in [1.54, 1.807) is 7.11 Å². The fraction of sp³-hybridized carbons (Fsp3) is 0.0769. The normalized spacial score (nSPS) is 11.2. The van der Waals surface area contributed by atoms with Gasteiger partial charge in [-0.05, 0) is 0 Å². The average Bonchev–Trinajstić information content (AvgIpc) is 2.79. The third-order valence-electron chi connectivity index (χ3n) is 5.40. The van der Waals surface area contributed by atoms with Gasteiger partial charge in [-0.2, -0.15) is 0 Å². The van der Waals surface area contributed by atoms with Crippen LogP contribution in [0.25, 0.3) is 0 Å². The van der Waals surface area contributed by atoms with Crippen LogP contribution in [0.5, 0.6) is 5.75 Å². The molecule has 0 saturated carbocycles. The van der Waals surface area contributed by atoms with Crippen molar-refractivity contribution in [3.63, 3.8) is 0 Å². The summed E-state index contributed by atoms with van der Waals surface area (Å²) in [5.41, 5.74) is 1.34. The van der Waals surface area contributed by atoms with E-state index in [1.807, 2.05) is 6.07 Å². The van der Waals surface area contributed by atoms with Crippen molar-refractivity contribution in [2.45, 2.75) is 4.44 Å². The first-order valence-electron chi connectivity index (χ1n) is 9.62. The van der Waals surface area contributed by atoms with E-state index in [9.17, 15) is 0 Å². The Morgan fingerprint density at radius 1 is 0.571 bits per heavy atom. The second-order valence-corrected chi connectivity index (χ2v) is 18.2. The molecule has 0 aromatic heterocycles. The predicted octanol–water partition coefficient (Wildman–Crippen LogP) is 3.95. The Hall–Kier alpha value is -2.52. The molecule has 0 radical (unpaired) electrons. The Balaban J connectivity index is 1.98. The maximum atomic E-state index is 5.51. The van der Waals surface area contributed by atoms with Gasteiger partial charge in [-0.3, -0.25) is 0 Å². The van der Waals surface area contributed by atoms with E-state index in [1.165, 1.54) is 16.3 Å². The van der Waals surface area contributed by atoms with Gasteiger partial charge in [0.15, 0.2) is 0 Å². The fourth-order valence-corrected chi connectivity index (χ4v) is 17.6. The molecule has 0 aliphatic carbocycles. The molecule has 0 atom stereocenters. The van der Waals surface area contributed by atoms with E-state index in [4.69, 9.17) is 4.74 Å². The van der Waals surface area contributed by atoms with Crippen LogP contribution in [-0.4, -0.2) is 25.5 Å². The van der Waals surface area contributed by atoms with E-state index in [0.717, 1.165) is 10.2 Å². The van der Waals surface area contributed by atoms with Crippen LogP contribution >= 0.6 is 0 Å². The van der Waals surface area contributed by atoms with Crippen molar-refractivity contribution in [3.8, 4) is 5.75 Å². The molecular weight excluding hydrogens is 447 g/mol.